The highest BCUT2D eigenvalue weighted by molar-refractivity contribution is 5.82. The van der Waals surface area contributed by atoms with Gasteiger partial charge in [0.1, 0.15) is 0 Å². The predicted molar refractivity (Wildman–Crippen MR) is 98.0 cm³/mol. The molecule has 3 rings (SSSR count). The van der Waals surface area contributed by atoms with Crippen LogP contribution in [0.2, 0.25) is 0 Å². The molecule has 1 amide bonds. The summed E-state index contributed by atoms with van der Waals surface area (Å²) >= 11 is 0. The van der Waals surface area contributed by atoms with Crippen molar-refractivity contribution in [2.75, 3.05) is 20.2 Å². The Morgan fingerprint density at radius 3 is 2.72 bits per heavy atom. The SMILES string of the molecule is Cc1ncccc1-c1ccc(C(CO)NC(=O)C2CCCN2C)cc1. The summed E-state index contributed by atoms with van der Waals surface area (Å²) in [6.45, 7) is 2.81. The minimum absolute atomic E-state index is 0.00812. The van der Waals surface area contributed by atoms with Crippen molar-refractivity contribution >= 4 is 5.91 Å². The van der Waals surface area contributed by atoms with Gasteiger partial charge in [0.25, 0.3) is 0 Å². The van der Waals surface area contributed by atoms with Crippen LogP contribution in [0.3, 0.4) is 0 Å². The Labute approximate surface area is 148 Å². The molecule has 2 unspecified atom stereocenters. The van der Waals surface area contributed by atoms with Crippen molar-refractivity contribution < 1.29 is 9.90 Å². The van der Waals surface area contributed by atoms with Gasteiger partial charge in [-0.1, -0.05) is 30.3 Å². The lowest BCUT2D eigenvalue weighted by Crippen LogP contribution is -2.43. The zero-order valence-corrected chi connectivity index (χ0v) is 14.8. The third kappa shape index (κ3) is 3.89. The maximum Gasteiger partial charge on any atom is 0.237 e. The van der Waals surface area contributed by atoms with Crippen LogP contribution in [0.1, 0.15) is 30.1 Å². The zero-order chi connectivity index (χ0) is 17.8. The molecule has 1 aliphatic heterocycles. The Kier molecular flexibility index (Phi) is 5.46. The number of hydrogen-bond donors (Lipinski definition) is 2. The lowest BCUT2D eigenvalue weighted by atomic mass is 10.00. The molecular weight excluding hydrogens is 314 g/mol. The van der Waals surface area contributed by atoms with E-state index in [0.29, 0.717) is 0 Å². The molecule has 0 radical (unpaired) electrons. The van der Waals surface area contributed by atoms with Crippen LogP contribution in [0.5, 0.6) is 0 Å². The van der Waals surface area contributed by atoms with E-state index in [4.69, 9.17) is 0 Å². The summed E-state index contributed by atoms with van der Waals surface area (Å²) < 4.78 is 0. The number of hydrogen-bond acceptors (Lipinski definition) is 4. The number of rotatable bonds is 5. The fourth-order valence-electron chi connectivity index (χ4n) is 3.43. The Morgan fingerprint density at radius 2 is 2.12 bits per heavy atom. The van der Waals surface area contributed by atoms with Crippen molar-refractivity contribution in [2.24, 2.45) is 0 Å². The molecule has 2 aromatic rings. The Morgan fingerprint density at radius 1 is 1.36 bits per heavy atom. The van der Waals surface area contributed by atoms with E-state index in [0.717, 1.165) is 41.8 Å². The average molecular weight is 339 g/mol. The van der Waals surface area contributed by atoms with E-state index in [1.54, 1.807) is 6.20 Å². The van der Waals surface area contributed by atoms with Gasteiger partial charge in [-0.25, -0.2) is 0 Å². The van der Waals surface area contributed by atoms with Gasteiger partial charge >= 0.3 is 0 Å². The van der Waals surface area contributed by atoms with Crippen molar-refractivity contribution in [3.05, 3.63) is 53.9 Å². The molecule has 0 aliphatic carbocycles. The first-order chi connectivity index (χ1) is 12.1. The van der Waals surface area contributed by atoms with Crippen molar-refractivity contribution in [1.82, 2.24) is 15.2 Å². The molecular formula is C20H25N3O2. The molecule has 25 heavy (non-hydrogen) atoms. The molecule has 2 atom stereocenters. The molecule has 1 aromatic heterocycles. The van der Waals surface area contributed by atoms with Gasteiger partial charge in [0.15, 0.2) is 0 Å². The smallest absolute Gasteiger partial charge is 0.237 e. The van der Waals surface area contributed by atoms with Crippen LogP contribution in [0, 0.1) is 6.92 Å². The Hall–Kier alpha value is -2.24. The fraction of sp³-hybridized carbons (Fsp3) is 0.400. The second kappa shape index (κ2) is 7.76. The number of aliphatic hydroxyl groups is 1. The monoisotopic (exact) mass is 339 g/mol. The van der Waals surface area contributed by atoms with E-state index in [1.807, 2.05) is 50.4 Å². The standard InChI is InChI=1S/C20H25N3O2/c1-14-17(5-3-11-21-14)15-7-9-16(10-8-15)18(13-24)22-20(25)19-6-4-12-23(19)2/h3,5,7-11,18-19,24H,4,6,12-13H2,1-2H3,(H,22,25). The summed E-state index contributed by atoms with van der Waals surface area (Å²) in [6.07, 6.45) is 3.70. The van der Waals surface area contributed by atoms with Crippen molar-refractivity contribution in [2.45, 2.75) is 31.8 Å². The Bertz CT molecular complexity index is 730. The molecule has 2 N–H and O–H groups in total. The van der Waals surface area contributed by atoms with Gasteiger partial charge < -0.3 is 10.4 Å². The molecule has 5 heteroatoms. The van der Waals surface area contributed by atoms with Gasteiger partial charge in [0.05, 0.1) is 18.7 Å². The number of likely N-dealkylation sites (N-methyl/N-ethyl adjacent to an activating group) is 1. The molecule has 132 valence electrons. The fourth-order valence-corrected chi connectivity index (χ4v) is 3.43. The maximum absolute atomic E-state index is 12.5. The number of benzene rings is 1. The summed E-state index contributed by atoms with van der Waals surface area (Å²) in [5.41, 5.74) is 4.05. The lowest BCUT2D eigenvalue weighted by Gasteiger charge is -2.23. The number of nitrogens with zero attached hydrogens (tertiary/aromatic N) is 2. The van der Waals surface area contributed by atoms with Gasteiger partial charge in [-0.15, -0.1) is 0 Å². The quantitative estimate of drug-likeness (QED) is 0.877. The summed E-state index contributed by atoms with van der Waals surface area (Å²) in [7, 11) is 1.97. The van der Waals surface area contributed by atoms with E-state index in [9.17, 15) is 9.90 Å². The van der Waals surface area contributed by atoms with Gasteiger partial charge in [-0.3, -0.25) is 14.7 Å². The minimum Gasteiger partial charge on any atom is -0.394 e. The molecule has 0 spiro atoms. The number of aryl methyl sites for hydroxylation is 1. The zero-order valence-electron chi connectivity index (χ0n) is 14.8. The van der Waals surface area contributed by atoms with Crippen LogP contribution in [0.4, 0.5) is 0 Å². The Balaban J connectivity index is 1.73. The predicted octanol–water partition coefficient (Wildman–Crippen LogP) is 2.30. The molecule has 1 aliphatic rings. The maximum atomic E-state index is 12.5. The van der Waals surface area contributed by atoms with E-state index >= 15 is 0 Å². The minimum atomic E-state index is -0.384. The third-order valence-corrected chi connectivity index (χ3v) is 4.95. The molecule has 2 heterocycles. The molecule has 1 fully saturated rings. The summed E-state index contributed by atoms with van der Waals surface area (Å²) in [6, 6.07) is 11.4. The van der Waals surface area contributed by atoms with Crippen molar-refractivity contribution in [3.8, 4) is 11.1 Å². The van der Waals surface area contributed by atoms with E-state index < -0.39 is 0 Å². The van der Waals surface area contributed by atoms with Gasteiger partial charge in [0.2, 0.25) is 5.91 Å². The molecule has 5 nitrogen and oxygen atoms in total. The van der Waals surface area contributed by atoms with Crippen molar-refractivity contribution in [1.29, 1.82) is 0 Å². The molecule has 1 saturated heterocycles. The number of aliphatic hydroxyl groups excluding tert-OH is 1. The highest BCUT2D eigenvalue weighted by Gasteiger charge is 2.29. The highest BCUT2D eigenvalue weighted by atomic mass is 16.3. The first-order valence-electron chi connectivity index (χ1n) is 8.73. The summed E-state index contributed by atoms with van der Waals surface area (Å²) in [5, 5.41) is 12.7. The average Bonchev–Trinajstić information content (AvgIpc) is 3.06. The number of nitrogens with one attached hydrogen (secondary N) is 1. The van der Waals surface area contributed by atoms with Crippen LogP contribution < -0.4 is 5.32 Å². The summed E-state index contributed by atoms with van der Waals surface area (Å²) in [4.78, 5) is 18.8. The van der Waals surface area contributed by atoms with E-state index in [-0.39, 0.29) is 24.6 Å². The highest BCUT2D eigenvalue weighted by Crippen LogP contribution is 2.24. The van der Waals surface area contributed by atoms with E-state index in [1.165, 1.54) is 0 Å². The number of carbonyl (C=O) groups is 1. The van der Waals surface area contributed by atoms with Crippen molar-refractivity contribution in [3.63, 3.8) is 0 Å². The second-order valence-corrected chi connectivity index (χ2v) is 6.64. The first kappa shape index (κ1) is 17.6. The van der Waals surface area contributed by atoms with Gasteiger partial charge in [0, 0.05) is 17.5 Å². The molecule has 0 bridgehead atoms. The van der Waals surface area contributed by atoms with Gasteiger partial charge in [-0.2, -0.15) is 0 Å². The van der Waals surface area contributed by atoms with Crippen LogP contribution in [0.15, 0.2) is 42.6 Å². The molecule has 1 aromatic carbocycles. The largest absolute Gasteiger partial charge is 0.394 e. The van der Waals surface area contributed by atoms with Gasteiger partial charge in [-0.05, 0) is 50.6 Å². The van der Waals surface area contributed by atoms with Crippen LogP contribution in [-0.2, 0) is 4.79 Å². The van der Waals surface area contributed by atoms with Crippen LogP contribution in [0.25, 0.3) is 11.1 Å². The number of likely N-dealkylation sites (tertiary alicyclic amines) is 1. The number of aromatic nitrogens is 1. The van der Waals surface area contributed by atoms with E-state index in [2.05, 4.69) is 15.2 Å². The topological polar surface area (TPSA) is 65.5 Å². The second-order valence-electron chi connectivity index (χ2n) is 6.64. The normalized spacial score (nSPS) is 18.9. The number of carbonyl (C=O) groups excluding carboxylic acids is 1. The molecule has 0 saturated carbocycles. The lowest BCUT2D eigenvalue weighted by molar-refractivity contribution is -0.126. The number of pyridine rings is 1. The van der Waals surface area contributed by atoms with Crippen LogP contribution >= 0.6 is 0 Å². The third-order valence-electron chi connectivity index (χ3n) is 4.95. The first-order valence-corrected chi connectivity index (χ1v) is 8.73. The van der Waals surface area contributed by atoms with Crippen LogP contribution in [-0.4, -0.2) is 47.1 Å². The number of amides is 1. The summed E-state index contributed by atoms with van der Waals surface area (Å²) in [5.74, 6) is -0.00812.